The molecule has 9 nitrogen and oxygen atoms in total. The Labute approximate surface area is 130 Å². The van der Waals surface area contributed by atoms with Gasteiger partial charge in [0.25, 0.3) is 5.56 Å². The molecule has 0 aliphatic rings. The van der Waals surface area contributed by atoms with Crippen molar-refractivity contribution in [1.29, 1.82) is 0 Å². The van der Waals surface area contributed by atoms with Crippen molar-refractivity contribution in [3.8, 4) is 0 Å². The summed E-state index contributed by atoms with van der Waals surface area (Å²) in [6, 6.07) is 0. The first-order valence-electron chi connectivity index (χ1n) is 7.22. The van der Waals surface area contributed by atoms with Crippen LogP contribution in [0.25, 0.3) is 16.9 Å². The van der Waals surface area contributed by atoms with Crippen molar-refractivity contribution in [3.63, 3.8) is 0 Å². The highest BCUT2D eigenvalue weighted by Gasteiger charge is 2.22. The second-order valence-electron chi connectivity index (χ2n) is 5.74. The van der Waals surface area contributed by atoms with Gasteiger partial charge >= 0.3 is 5.69 Å². The lowest BCUT2D eigenvalue weighted by Crippen LogP contribution is -2.37. The van der Waals surface area contributed by atoms with E-state index in [4.69, 9.17) is 5.11 Å². The first kappa shape index (κ1) is 15.5. The van der Waals surface area contributed by atoms with Crippen molar-refractivity contribution in [2.75, 3.05) is 6.61 Å². The van der Waals surface area contributed by atoms with Crippen LogP contribution in [-0.4, -0.2) is 46.0 Å². The Balaban J connectivity index is 2.50. The zero-order valence-electron chi connectivity index (χ0n) is 13.4. The van der Waals surface area contributed by atoms with Gasteiger partial charge in [0.05, 0.1) is 19.3 Å². The van der Waals surface area contributed by atoms with Gasteiger partial charge in [0, 0.05) is 25.5 Å². The molecule has 0 saturated heterocycles. The number of aromatic nitrogens is 5. The summed E-state index contributed by atoms with van der Waals surface area (Å²) in [6.07, 6.45) is -0.934. The van der Waals surface area contributed by atoms with E-state index in [2.05, 4.69) is 4.98 Å². The monoisotopic (exact) mass is 321 g/mol. The van der Waals surface area contributed by atoms with Gasteiger partial charge in [-0.2, -0.15) is 4.98 Å². The normalized spacial score (nSPS) is 13.3. The minimum absolute atomic E-state index is 0.150. The van der Waals surface area contributed by atoms with Crippen LogP contribution in [0.2, 0.25) is 0 Å². The summed E-state index contributed by atoms with van der Waals surface area (Å²) in [7, 11) is 2.99. The highest BCUT2D eigenvalue weighted by Crippen LogP contribution is 2.20. The molecule has 3 aromatic rings. The van der Waals surface area contributed by atoms with E-state index in [0.29, 0.717) is 16.9 Å². The first-order valence-corrected chi connectivity index (χ1v) is 7.22. The van der Waals surface area contributed by atoms with E-state index in [-0.39, 0.29) is 13.2 Å². The first-order chi connectivity index (χ1) is 10.8. The third-order valence-corrected chi connectivity index (χ3v) is 4.35. The summed E-state index contributed by atoms with van der Waals surface area (Å²) in [4.78, 5) is 29.0. The van der Waals surface area contributed by atoms with E-state index in [9.17, 15) is 14.7 Å². The van der Waals surface area contributed by atoms with E-state index >= 15 is 0 Å². The maximum atomic E-state index is 12.5. The van der Waals surface area contributed by atoms with Gasteiger partial charge in [0.2, 0.25) is 5.78 Å². The molecule has 0 saturated carbocycles. The lowest BCUT2D eigenvalue weighted by atomic mass is 10.3. The van der Waals surface area contributed by atoms with Crippen LogP contribution in [-0.2, 0) is 20.6 Å². The van der Waals surface area contributed by atoms with Crippen LogP contribution in [0.15, 0.2) is 9.59 Å². The zero-order chi connectivity index (χ0) is 17.0. The molecule has 0 unspecified atom stereocenters. The molecule has 0 fully saturated rings. The summed E-state index contributed by atoms with van der Waals surface area (Å²) in [5, 5.41) is 18.8. The van der Waals surface area contributed by atoms with Crippen molar-refractivity contribution in [3.05, 3.63) is 32.2 Å². The number of hydrogen-bond donors (Lipinski definition) is 2. The van der Waals surface area contributed by atoms with Crippen molar-refractivity contribution in [2.24, 2.45) is 14.1 Å². The summed E-state index contributed by atoms with van der Waals surface area (Å²) in [6.45, 7) is 3.47. The summed E-state index contributed by atoms with van der Waals surface area (Å²) in [5.41, 5.74) is 1.38. The molecule has 2 N–H and O–H groups in total. The van der Waals surface area contributed by atoms with Crippen molar-refractivity contribution in [1.82, 2.24) is 23.1 Å². The fourth-order valence-corrected chi connectivity index (χ4v) is 2.88. The molecule has 3 aromatic heterocycles. The second kappa shape index (κ2) is 5.07. The van der Waals surface area contributed by atoms with E-state index in [0.717, 1.165) is 16.0 Å². The molecule has 0 radical (unpaired) electrons. The molecule has 0 bridgehead atoms. The molecular formula is C14H19N5O4. The Morgan fingerprint density at radius 2 is 1.78 bits per heavy atom. The quantitative estimate of drug-likeness (QED) is 0.621. The van der Waals surface area contributed by atoms with E-state index in [1.165, 1.54) is 11.6 Å². The molecule has 0 aromatic carbocycles. The molecule has 23 heavy (non-hydrogen) atoms. The predicted octanol–water partition coefficient (Wildman–Crippen LogP) is -1.34. The van der Waals surface area contributed by atoms with Gasteiger partial charge in [0.15, 0.2) is 11.2 Å². The van der Waals surface area contributed by atoms with E-state index < -0.39 is 17.4 Å². The molecule has 0 spiro atoms. The summed E-state index contributed by atoms with van der Waals surface area (Å²) < 4.78 is 5.80. The molecule has 0 aliphatic carbocycles. The fourth-order valence-electron chi connectivity index (χ4n) is 2.88. The maximum absolute atomic E-state index is 12.5. The molecule has 1 atom stereocenters. The molecule has 124 valence electrons. The van der Waals surface area contributed by atoms with Crippen molar-refractivity contribution >= 4 is 16.9 Å². The summed E-state index contributed by atoms with van der Waals surface area (Å²) >= 11 is 0. The average Bonchev–Trinajstić information content (AvgIpc) is 3.03. The molecule has 0 aliphatic heterocycles. The van der Waals surface area contributed by atoms with Crippen LogP contribution in [0.1, 0.15) is 11.4 Å². The smallest absolute Gasteiger partial charge is 0.332 e. The SMILES string of the molecule is Cc1c(C)n2c3c(=O)n(C)c(=O)n(C)c3nc2n1C[C@H](O)CO. The summed E-state index contributed by atoms with van der Waals surface area (Å²) in [5.74, 6) is 0.459. The molecule has 3 heterocycles. The highest BCUT2D eigenvalue weighted by atomic mass is 16.3. The highest BCUT2D eigenvalue weighted by molar-refractivity contribution is 5.76. The van der Waals surface area contributed by atoms with Crippen LogP contribution in [0.4, 0.5) is 0 Å². The number of aliphatic hydroxyl groups is 2. The van der Waals surface area contributed by atoms with Gasteiger partial charge in [-0.25, -0.2) is 4.79 Å². The predicted molar refractivity (Wildman–Crippen MR) is 83.7 cm³/mol. The topological polar surface area (TPSA) is 107 Å². The molecular weight excluding hydrogens is 302 g/mol. The fraction of sp³-hybridized carbons (Fsp3) is 0.500. The van der Waals surface area contributed by atoms with Crippen LogP contribution >= 0.6 is 0 Å². The van der Waals surface area contributed by atoms with Crippen LogP contribution in [0.3, 0.4) is 0 Å². The Kier molecular flexibility index (Phi) is 3.42. The van der Waals surface area contributed by atoms with Gasteiger partial charge in [-0.15, -0.1) is 0 Å². The molecule has 0 amide bonds. The number of nitrogens with zero attached hydrogens (tertiary/aromatic N) is 5. The maximum Gasteiger partial charge on any atom is 0.332 e. The lowest BCUT2D eigenvalue weighted by molar-refractivity contribution is 0.0816. The third kappa shape index (κ3) is 1.97. The number of imidazole rings is 2. The minimum atomic E-state index is -0.934. The van der Waals surface area contributed by atoms with Gasteiger partial charge in [-0.3, -0.25) is 18.3 Å². The van der Waals surface area contributed by atoms with Crippen LogP contribution in [0, 0.1) is 13.8 Å². The lowest BCUT2D eigenvalue weighted by Gasteiger charge is -2.10. The van der Waals surface area contributed by atoms with E-state index in [1.807, 2.05) is 13.8 Å². The van der Waals surface area contributed by atoms with Gasteiger partial charge < -0.3 is 14.8 Å². The van der Waals surface area contributed by atoms with Crippen molar-refractivity contribution in [2.45, 2.75) is 26.5 Å². The third-order valence-electron chi connectivity index (χ3n) is 4.35. The minimum Gasteiger partial charge on any atom is -0.394 e. The molecule has 9 heteroatoms. The average molecular weight is 321 g/mol. The molecule has 3 rings (SSSR count). The van der Waals surface area contributed by atoms with Gasteiger partial charge in [-0.05, 0) is 13.8 Å². The Hall–Kier alpha value is -2.39. The second-order valence-corrected chi connectivity index (χ2v) is 5.74. The zero-order valence-corrected chi connectivity index (χ0v) is 13.4. The number of aliphatic hydroxyl groups excluding tert-OH is 2. The standard InChI is InChI=1S/C14H19N5O4/c1-7-8(2)19-10-11(16(3)14(23)17(4)12(10)22)15-13(19)18(7)5-9(21)6-20/h9,20-21H,5-6H2,1-4H3/t9-/m0/s1. The Morgan fingerprint density at radius 1 is 1.13 bits per heavy atom. The van der Waals surface area contributed by atoms with Gasteiger partial charge in [-0.1, -0.05) is 0 Å². The van der Waals surface area contributed by atoms with Crippen LogP contribution < -0.4 is 11.2 Å². The van der Waals surface area contributed by atoms with Crippen molar-refractivity contribution < 1.29 is 10.2 Å². The largest absolute Gasteiger partial charge is 0.394 e. The number of rotatable bonds is 3. The Bertz CT molecular complexity index is 1040. The van der Waals surface area contributed by atoms with E-state index in [1.54, 1.807) is 16.0 Å². The number of fused-ring (bicyclic) bond motifs is 3. The Morgan fingerprint density at radius 3 is 2.39 bits per heavy atom. The van der Waals surface area contributed by atoms with Crippen LogP contribution in [0.5, 0.6) is 0 Å². The number of aryl methyl sites for hydroxylation is 2. The number of hydrogen-bond acceptors (Lipinski definition) is 5. The van der Waals surface area contributed by atoms with Gasteiger partial charge in [0.1, 0.15) is 0 Å².